The smallest absolute Gasteiger partial charge is 0.243 e. The highest BCUT2D eigenvalue weighted by Crippen LogP contribution is 2.36. The van der Waals surface area contributed by atoms with Crippen molar-refractivity contribution in [3.63, 3.8) is 0 Å². The Kier molecular flexibility index (Phi) is 7.19. The van der Waals surface area contributed by atoms with E-state index in [2.05, 4.69) is 4.98 Å². The van der Waals surface area contributed by atoms with Crippen LogP contribution >= 0.6 is 11.6 Å². The van der Waals surface area contributed by atoms with E-state index in [1.54, 1.807) is 19.1 Å². The van der Waals surface area contributed by atoms with E-state index >= 15 is 4.39 Å². The van der Waals surface area contributed by atoms with Crippen molar-refractivity contribution in [1.82, 2.24) is 9.29 Å². The molecule has 33 heavy (non-hydrogen) atoms. The molecule has 1 saturated carbocycles. The molecule has 1 aliphatic carbocycles. The third-order valence-electron chi connectivity index (χ3n) is 6.25. The number of rotatable bonds is 7. The predicted octanol–water partition coefficient (Wildman–Crippen LogP) is 5.26. The van der Waals surface area contributed by atoms with Crippen LogP contribution in [0.1, 0.15) is 38.2 Å². The van der Waals surface area contributed by atoms with Crippen LogP contribution < -0.4 is 0 Å². The third-order valence-corrected chi connectivity index (χ3v) is 8.39. The third kappa shape index (κ3) is 5.14. The van der Waals surface area contributed by atoms with Crippen molar-refractivity contribution >= 4 is 21.6 Å². The molecule has 0 spiro atoms. The number of benzene rings is 2. The summed E-state index contributed by atoms with van der Waals surface area (Å²) in [5, 5.41) is 10.8. The van der Waals surface area contributed by atoms with Gasteiger partial charge in [0.1, 0.15) is 12.1 Å². The molecule has 1 aliphatic rings. The Morgan fingerprint density at radius 3 is 2.58 bits per heavy atom. The fourth-order valence-electron chi connectivity index (χ4n) is 4.53. The minimum Gasteiger partial charge on any atom is -0.445 e. The second-order valence-electron chi connectivity index (χ2n) is 8.40. The first-order chi connectivity index (χ1) is 15.8. The fourth-order valence-corrected chi connectivity index (χ4v) is 6.33. The number of aromatic nitrogens is 1. The Bertz CT molecular complexity index is 1180. The first-order valence-corrected chi connectivity index (χ1v) is 12.7. The molecule has 1 N–H and O–H groups in total. The highest BCUT2D eigenvalue weighted by atomic mass is 35.5. The standard InChI is InChI=1S/C24H26ClFN2O4S/c1-16(29)21-4-2-3-5-23(21)28(33(30,31)20-10-8-19(25)9-11-20)15-18-7-6-17(14-22(18)26)24-27-12-13-32-24/h6-14,16,21,23,29H,2-5,15H2,1H3. The van der Waals surface area contributed by atoms with Crippen molar-refractivity contribution in [1.29, 1.82) is 0 Å². The average molecular weight is 493 g/mol. The van der Waals surface area contributed by atoms with Crippen LogP contribution in [0.15, 0.2) is 64.2 Å². The van der Waals surface area contributed by atoms with Gasteiger partial charge in [-0.1, -0.05) is 30.5 Å². The van der Waals surface area contributed by atoms with Gasteiger partial charge < -0.3 is 9.52 Å². The van der Waals surface area contributed by atoms with Gasteiger partial charge in [0.15, 0.2) is 0 Å². The number of aliphatic hydroxyl groups is 1. The van der Waals surface area contributed by atoms with Crippen LogP contribution in [0.4, 0.5) is 4.39 Å². The molecular formula is C24H26ClFN2O4S. The van der Waals surface area contributed by atoms with E-state index in [9.17, 15) is 13.5 Å². The summed E-state index contributed by atoms with van der Waals surface area (Å²) in [5.74, 6) is -0.505. The van der Waals surface area contributed by atoms with Gasteiger partial charge in [0, 0.05) is 34.7 Å². The molecule has 9 heteroatoms. The van der Waals surface area contributed by atoms with Crippen LogP contribution in [-0.4, -0.2) is 35.0 Å². The molecule has 0 amide bonds. The average Bonchev–Trinajstić information content (AvgIpc) is 3.33. The first-order valence-electron chi connectivity index (χ1n) is 10.9. The van der Waals surface area contributed by atoms with Gasteiger partial charge in [-0.25, -0.2) is 17.8 Å². The van der Waals surface area contributed by atoms with Crippen molar-refractivity contribution in [2.75, 3.05) is 0 Å². The van der Waals surface area contributed by atoms with Crippen molar-refractivity contribution in [2.24, 2.45) is 5.92 Å². The number of sulfonamides is 1. The maximum atomic E-state index is 15.1. The maximum Gasteiger partial charge on any atom is 0.243 e. The Hall–Kier alpha value is -2.26. The van der Waals surface area contributed by atoms with Crippen molar-refractivity contribution in [2.45, 2.75) is 56.2 Å². The Morgan fingerprint density at radius 1 is 1.21 bits per heavy atom. The monoisotopic (exact) mass is 492 g/mol. The molecule has 0 bridgehead atoms. The highest BCUT2D eigenvalue weighted by molar-refractivity contribution is 7.89. The van der Waals surface area contributed by atoms with Gasteiger partial charge in [-0.3, -0.25) is 0 Å². The normalized spacial score (nSPS) is 20.2. The predicted molar refractivity (Wildman–Crippen MR) is 124 cm³/mol. The summed E-state index contributed by atoms with van der Waals surface area (Å²) in [6, 6.07) is 9.99. The highest BCUT2D eigenvalue weighted by Gasteiger charge is 2.39. The van der Waals surface area contributed by atoms with Gasteiger partial charge >= 0.3 is 0 Å². The van der Waals surface area contributed by atoms with E-state index in [1.165, 1.54) is 47.1 Å². The molecular weight excluding hydrogens is 467 g/mol. The molecule has 3 aromatic rings. The van der Waals surface area contributed by atoms with Gasteiger partial charge in [0.25, 0.3) is 0 Å². The molecule has 4 rings (SSSR count). The number of aliphatic hydroxyl groups excluding tert-OH is 1. The SMILES string of the molecule is CC(O)C1CCCCC1N(Cc1ccc(-c2ncco2)cc1F)S(=O)(=O)c1ccc(Cl)cc1. The van der Waals surface area contributed by atoms with E-state index in [-0.39, 0.29) is 28.8 Å². The van der Waals surface area contributed by atoms with E-state index in [1.807, 2.05) is 0 Å². The van der Waals surface area contributed by atoms with Gasteiger partial charge in [-0.2, -0.15) is 4.31 Å². The van der Waals surface area contributed by atoms with Crippen LogP contribution in [0.25, 0.3) is 11.5 Å². The minimum atomic E-state index is -3.99. The molecule has 2 aromatic carbocycles. The molecule has 1 fully saturated rings. The summed E-state index contributed by atoms with van der Waals surface area (Å²) < 4.78 is 49.2. The van der Waals surface area contributed by atoms with E-state index in [4.69, 9.17) is 16.0 Å². The molecule has 1 heterocycles. The van der Waals surface area contributed by atoms with Crippen LogP contribution in [0.3, 0.4) is 0 Å². The van der Waals surface area contributed by atoms with E-state index < -0.39 is 28.0 Å². The number of halogens is 2. The largest absolute Gasteiger partial charge is 0.445 e. The van der Waals surface area contributed by atoms with Crippen LogP contribution in [0.2, 0.25) is 5.02 Å². The van der Waals surface area contributed by atoms with Gasteiger partial charge in [0.2, 0.25) is 15.9 Å². The van der Waals surface area contributed by atoms with Gasteiger partial charge in [-0.05, 0) is 56.2 Å². The van der Waals surface area contributed by atoms with E-state index in [0.717, 1.165) is 12.8 Å². The van der Waals surface area contributed by atoms with Crippen LogP contribution in [0, 0.1) is 11.7 Å². The quantitative estimate of drug-likeness (QED) is 0.486. The number of oxazole rings is 1. The summed E-state index contributed by atoms with van der Waals surface area (Å²) >= 11 is 5.96. The number of hydrogen-bond donors (Lipinski definition) is 1. The maximum absolute atomic E-state index is 15.1. The second kappa shape index (κ2) is 9.93. The van der Waals surface area contributed by atoms with Crippen LogP contribution in [0.5, 0.6) is 0 Å². The zero-order valence-electron chi connectivity index (χ0n) is 18.2. The van der Waals surface area contributed by atoms with Crippen molar-refractivity contribution in [3.05, 3.63) is 71.3 Å². The molecule has 0 aliphatic heterocycles. The molecule has 6 nitrogen and oxygen atoms in total. The van der Waals surface area contributed by atoms with Gasteiger partial charge in [0.05, 0.1) is 17.2 Å². The molecule has 176 valence electrons. The van der Waals surface area contributed by atoms with Crippen molar-refractivity contribution < 1.29 is 22.3 Å². The zero-order valence-corrected chi connectivity index (χ0v) is 19.8. The topological polar surface area (TPSA) is 83.6 Å². The second-order valence-corrected chi connectivity index (χ2v) is 10.7. The summed E-state index contributed by atoms with van der Waals surface area (Å²) in [7, 11) is -3.99. The molecule has 3 atom stereocenters. The summed E-state index contributed by atoms with van der Waals surface area (Å²) in [6.45, 7) is 1.53. The lowest BCUT2D eigenvalue weighted by molar-refractivity contribution is 0.0489. The summed E-state index contributed by atoms with van der Waals surface area (Å²) in [6.07, 6.45) is 5.25. The van der Waals surface area contributed by atoms with E-state index in [0.29, 0.717) is 23.4 Å². The lowest BCUT2D eigenvalue weighted by atomic mass is 9.81. The van der Waals surface area contributed by atoms with Gasteiger partial charge in [-0.15, -0.1) is 0 Å². The Balaban J connectivity index is 1.73. The summed E-state index contributed by atoms with van der Waals surface area (Å²) in [5.41, 5.74) is 0.700. The summed E-state index contributed by atoms with van der Waals surface area (Å²) in [4.78, 5) is 4.11. The molecule has 3 unspecified atom stereocenters. The molecule has 1 aromatic heterocycles. The Labute approximate surface area is 198 Å². The lowest BCUT2D eigenvalue weighted by Crippen LogP contribution is -2.48. The zero-order chi connectivity index (χ0) is 23.6. The van der Waals surface area contributed by atoms with Crippen molar-refractivity contribution in [3.8, 4) is 11.5 Å². The lowest BCUT2D eigenvalue weighted by Gasteiger charge is -2.40. The Morgan fingerprint density at radius 2 is 1.94 bits per heavy atom. The molecule has 0 radical (unpaired) electrons. The van der Waals surface area contributed by atoms with Crippen LogP contribution in [-0.2, 0) is 16.6 Å². The first kappa shape index (κ1) is 23.9. The minimum absolute atomic E-state index is 0.0821. The number of nitrogens with zero attached hydrogens (tertiary/aromatic N) is 2. The number of hydrogen-bond acceptors (Lipinski definition) is 5. The fraction of sp³-hybridized carbons (Fsp3) is 0.375. The molecule has 0 saturated heterocycles.